The third-order valence-corrected chi connectivity index (χ3v) is 58.5. The fourth-order valence-electron chi connectivity index (χ4n) is 25.2. The van der Waals surface area contributed by atoms with Crippen LogP contribution in [0.15, 0.2) is 200 Å². The van der Waals surface area contributed by atoms with Gasteiger partial charge in [0.15, 0.2) is 109 Å². The molecule has 14 aromatic rings. The molecule has 0 radical (unpaired) electrons. The Kier molecular flexibility index (Phi) is 27.8. The molecule has 44 nitrogen and oxygen atoms in total. The van der Waals surface area contributed by atoms with Crippen LogP contribution in [0.1, 0.15) is 80.3 Å². The summed E-state index contributed by atoms with van der Waals surface area (Å²) in [7, 11) is -15.3. The third kappa shape index (κ3) is 18.9. The summed E-state index contributed by atoms with van der Waals surface area (Å²) in [5, 5.41) is 44.4. The molecule has 6 saturated carbocycles. The van der Waals surface area contributed by atoms with Gasteiger partial charge in [0.2, 0.25) is 35.7 Å². The van der Waals surface area contributed by atoms with Crippen molar-refractivity contribution in [3.8, 4) is 0 Å². The summed E-state index contributed by atoms with van der Waals surface area (Å²) in [4.78, 5) is 143. The van der Waals surface area contributed by atoms with E-state index in [0.29, 0.717) is 96.9 Å². The van der Waals surface area contributed by atoms with Crippen LogP contribution >= 0.6 is 0 Å². The van der Waals surface area contributed by atoms with Gasteiger partial charge in [-0.05, 0) is 176 Å². The number of aromatic amines is 6. The monoisotopic (exact) mass is 2110 g/mol. The average Bonchev–Trinajstić information content (AvgIpc) is 1.58. The Labute approximate surface area is 849 Å². The highest BCUT2D eigenvalue weighted by molar-refractivity contribution is 6.91. The van der Waals surface area contributed by atoms with Crippen molar-refractivity contribution in [3.63, 3.8) is 0 Å². The number of hydrogen-bond acceptors (Lipinski definition) is 32. The Hall–Kier alpha value is -13.2. The van der Waals surface area contributed by atoms with E-state index in [4.69, 9.17) is 58.4 Å². The molecule has 12 aromatic heterocycles. The maximum absolute atomic E-state index is 12.9. The number of ether oxygens (including phenoxy) is 1. The molecule has 12 heterocycles. The smallest absolute Gasteiger partial charge is 0.280 e. The quantitative estimate of drug-likeness (QED) is 0.0160. The molecule has 6 fully saturated rings. The lowest BCUT2D eigenvalue weighted by Gasteiger charge is -2.44. The number of nitrogens with one attached hydrogen (secondary N) is 6. The lowest BCUT2D eigenvalue weighted by Crippen LogP contribution is -2.52. The van der Waals surface area contributed by atoms with E-state index in [2.05, 4.69) is 244 Å². The van der Waals surface area contributed by atoms with E-state index < -0.39 is 77.5 Å². The van der Waals surface area contributed by atoms with Gasteiger partial charge in [0.25, 0.3) is 33.4 Å². The number of aromatic nitrogens is 24. The minimum absolute atomic E-state index is 0.00328. The van der Waals surface area contributed by atoms with Crippen molar-refractivity contribution in [1.29, 1.82) is 0 Å². The van der Waals surface area contributed by atoms with Crippen LogP contribution in [0.3, 0.4) is 0 Å². The van der Waals surface area contributed by atoms with Crippen molar-refractivity contribution in [2.45, 2.75) is 193 Å². The van der Waals surface area contributed by atoms with E-state index in [1.54, 1.807) is 38.0 Å². The molecule has 0 saturated heterocycles. The van der Waals surface area contributed by atoms with Crippen LogP contribution in [0, 0.1) is 35.5 Å². The van der Waals surface area contributed by atoms with Gasteiger partial charge in [0.1, 0.15) is 0 Å². The van der Waals surface area contributed by atoms with Crippen LogP contribution in [-0.2, 0) is 24.0 Å². The summed E-state index contributed by atoms with van der Waals surface area (Å²) in [6.07, 6.45) is 13.6. The molecule has 50 heteroatoms. The van der Waals surface area contributed by atoms with Crippen LogP contribution in [0.5, 0.6) is 0 Å². The molecule has 18 atom stereocenters. The minimum atomic E-state index is -2.80. The number of imidazole rings is 6. The summed E-state index contributed by atoms with van der Waals surface area (Å²) < 4.78 is 39.6. The van der Waals surface area contributed by atoms with E-state index in [1.807, 2.05) is 45.6 Å². The Morgan fingerprint density at radius 1 is 0.313 bits per heavy atom. The largest absolute Gasteiger partial charge is 0.455 e. The maximum atomic E-state index is 12.9. The first kappa shape index (κ1) is 104. The highest BCUT2D eigenvalue weighted by atomic mass is 28.4. The zero-order chi connectivity index (χ0) is 105. The van der Waals surface area contributed by atoms with Gasteiger partial charge in [-0.15, -0.1) is 0 Å². The fraction of sp³-hybridized carbons (Fsp3) is 0.443. The lowest BCUT2D eigenvalue weighted by molar-refractivity contribution is 0.0976. The number of H-pyrrole nitrogens is 6. The number of aliphatic hydroxyl groups excluding tert-OH is 4. The van der Waals surface area contributed by atoms with Crippen molar-refractivity contribution < 1.29 is 37.8 Å². The molecule has 147 heavy (non-hydrogen) atoms. The Bertz CT molecular complexity index is 7770. The molecule has 6 aliphatic rings. The summed E-state index contributed by atoms with van der Waals surface area (Å²) in [6.45, 7) is 54.7. The van der Waals surface area contributed by atoms with Crippen LogP contribution < -0.4 is 72.9 Å². The lowest BCUT2D eigenvalue weighted by atomic mass is 10.0. The van der Waals surface area contributed by atoms with Gasteiger partial charge in [-0.2, -0.15) is 29.9 Å². The first-order valence-corrected chi connectivity index (χ1v) is 67.2. The number of fused-ring (bicyclic) bond motifs is 6. The molecule has 0 unspecified atom stereocenters. The van der Waals surface area contributed by atoms with Crippen LogP contribution in [0.25, 0.3) is 67.0 Å². The van der Waals surface area contributed by atoms with Gasteiger partial charge in [-0.25, -0.2) is 29.9 Å². The van der Waals surface area contributed by atoms with Crippen molar-refractivity contribution in [2.75, 3.05) is 74.0 Å². The highest BCUT2D eigenvalue weighted by Gasteiger charge is 2.59. The standard InChI is InChI=1S/C42H59N15O7Si3.C28H40N10O5Si2.C27H31N5O2Si/c1-19-22(13-58)28(10-25(19)55-16-46-31-34(55)49-40(43)52-37(31)60)65(4,5)63-15-24-21(3)27(57-18-48-33-36(57)51-42(45)54-39(33)62)12-30(24)67(8,9)64-66(6,7)29-11-26(20(2)23(29)14-59)56-17-47-32-35(56)50-41(44)53-38(32)61;1-13-15(9-39)19(7-17(13)37-11-31-21-23(37)33-27(29)35-25(21)41)44(3,4)43-45(5,6)20-8-18(14(2)16(20)10-40)38-12-32-22-24(38)34-28(30)36-26(22)42;1-18-21(16-34-15-19-10-6-4-7-11-19)23(35(2,3)20-12-8-5-9-13-20)14-22(18)32-17-29-24-25(32)30-27(28)31-26(24)33/h16-18,22-30,58-59H,1-3,10-15H2,4-9H3,(H3,43,49,52,60)(H3,44,50,53,61)(H3,45,51,54,62);11-12,15-20,39-40H,1-2,7-10H2,3-6H3,(H3,29,33,35,41)(H3,30,34,36,42);4-13,17,21-23H,1,14-16H2,2-3H3,(H3,28,30,31,33)/t22-,23-,24-,25-,26-,27-,28-,29-,30-;15-,16-,17-,18-,19-,20-;21-,22-,23-/m000/s1. The number of anilines is 6. The molecule has 0 aliphatic heterocycles. The van der Waals surface area contributed by atoms with Gasteiger partial charge in [-0.3, -0.25) is 58.7 Å². The molecule has 0 bridgehead atoms. The molecule has 20 rings (SSSR count). The summed E-state index contributed by atoms with van der Waals surface area (Å²) in [5.41, 5.74) is 43.2. The van der Waals surface area contributed by atoms with Gasteiger partial charge < -0.3 is 99.6 Å². The predicted molar refractivity (Wildman–Crippen MR) is 579 cm³/mol. The van der Waals surface area contributed by atoms with E-state index in [0.717, 1.165) is 45.4 Å². The van der Waals surface area contributed by atoms with Crippen LogP contribution in [-0.4, -0.2) is 227 Å². The van der Waals surface area contributed by atoms with E-state index in [9.17, 15) is 49.2 Å². The number of nitrogen functional groups attached to an aromatic ring is 6. The van der Waals surface area contributed by atoms with Crippen molar-refractivity contribution in [2.24, 2.45) is 35.5 Å². The molecule has 6 aliphatic carbocycles. The van der Waals surface area contributed by atoms with Gasteiger partial charge in [0.05, 0.1) is 95.5 Å². The second-order valence-corrected chi connectivity index (χ2v) is 69.7. The summed E-state index contributed by atoms with van der Waals surface area (Å²) in [6, 6.07) is 19.6. The van der Waals surface area contributed by atoms with Crippen molar-refractivity contribution in [3.05, 3.63) is 239 Å². The molecule has 2 aromatic carbocycles. The number of nitrogens with zero attached hydrogens (tertiary/aromatic N) is 18. The minimum Gasteiger partial charge on any atom is -0.455 e. The van der Waals surface area contributed by atoms with Gasteiger partial charge in [-0.1, -0.05) is 118 Å². The number of rotatable bonds is 28. The molecule has 0 amide bonds. The van der Waals surface area contributed by atoms with Crippen LogP contribution in [0.2, 0.25) is 112 Å². The zero-order valence-corrected chi connectivity index (χ0v) is 90.5. The fourth-order valence-corrected chi connectivity index (χ4v) is 53.3. The maximum Gasteiger partial charge on any atom is 0.280 e. The van der Waals surface area contributed by atoms with Crippen molar-refractivity contribution in [1.82, 2.24) is 117 Å². The Morgan fingerprint density at radius 3 is 0.782 bits per heavy atom. The van der Waals surface area contributed by atoms with E-state index >= 15 is 0 Å². The average molecular weight is 2110 g/mol. The molecular weight excluding hydrogens is 1980 g/mol. The van der Waals surface area contributed by atoms with Gasteiger partial charge in [0, 0.05) is 68.5 Å². The number of hydrogen-bond donors (Lipinski definition) is 16. The summed E-state index contributed by atoms with van der Waals surface area (Å²) >= 11 is 0. The number of benzene rings is 2. The first-order chi connectivity index (χ1) is 69.6. The normalized spacial score (nSPS) is 24.9. The molecular formula is C97H130N30O14Si6. The van der Waals surface area contributed by atoms with E-state index in [1.165, 1.54) is 5.19 Å². The predicted octanol–water partition coefficient (Wildman–Crippen LogP) is 9.05. The third-order valence-electron chi connectivity index (χ3n) is 32.7. The highest BCUT2D eigenvalue weighted by Crippen LogP contribution is 2.61. The SMILES string of the molecule is C=C1[C@H](CO)[C@@H]([Si](C)(C)OC[C@H]2C(=C)[C@@H](n3cnc4c(=O)[nH]c(N)nc43)C[C@@H]2[Si](C)(C)O[Si](C)(C)[C@H]2C[C@H](n3cnc4c(=O)[nH]c(N)nc43)C(=C)[C@@H]2CO)C[C@@H]1n1cnc2c(=O)[nH]c(N)nc21.C=C1[C@H](CO)[C@@H]([Si](C)(C)O[Si](C)(C)[C@H]2C[C@H](n3cnc4c(=O)[nH]c(N)nc43)C(=C)[C@@H]2CO)C[C@@H]1n1cnc2c(=O)[nH]c(N)nc21.C=C1[C@H](COCc2ccccc2)[C@@H]([Si](C)(C)c2ccccc2)C[C@@H]1n1cnc2c(=O)[nH]c(N)nc21. The van der Waals surface area contributed by atoms with Gasteiger partial charge >= 0.3 is 0 Å². The summed E-state index contributed by atoms with van der Waals surface area (Å²) in [5.74, 6) is -0.981. The molecule has 776 valence electrons. The second kappa shape index (κ2) is 39.4. The van der Waals surface area contributed by atoms with Crippen molar-refractivity contribution >= 4 is 158 Å². The second-order valence-electron chi connectivity index (χ2n) is 43.2. The first-order valence-electron chi connectivity index (χ1n) is 49.2. The van der Waals surface area contributed by atoms with Crippen LogP contribution in [0.4, 0.5) is 35.7 Å². The van der Waals surface area contributed by atoms with E-state index in [-0.39, 0.29) is 195 Å². The topological polar surface area (TPSA) is 655 Å². The molecule has 22 N–H and O–H groups in total. The molecule has 0 spiro atoms. The number of nitrogens with two attached hydrogens (primary N) is 6. The Balaban J connectivity index is 0.000000153. The zero-order valence-electron chi connectivity index (χ0n) is 84.5. The number of aliphatic hydroxyl groups is 4. The Morgan fingerprint density at radius 2 is 0.531 bits per heavy atom.